The summed E-state index contributed by atoms with van der Waals surface area (Å²) >= 11 is 0. The largest absolute Gasteiger partial charge is 0.507 e. The molecule has 10 heteroatoms. The molecule has 7 rings (SSSR count). The molecule has 2 heterocycles. The number of nitrogens with one attached hydrogen (secondary N) is 1. The van der Waals surface area contributed by atoms with E-state index < -0.39 is 10.1 Å². The van der Waals surface area contributed by atoms with Crippen LogP contribution in [-0.2, 0) is 10.1 Å². The summed E-state index contributed by atoms with van der Waals surface area (Å²) in [4.78, 5) is 7.59. The van der Waals surface area contributed by atoms with Crippen LogP contribution in [0.15, 0.2) is 94.2 Å². The van der Waals surface area contributed by atoms with Crippen molar-refractivity contribution in [3.8, 4) is 34.0 Å². The normalized spacial score (nSPS) is 11.8. The predicted molar refractivity (Wildman–Crippen MR) is 157 cm³/mol. The molecule has 3 N–H and O–H groups in total. The highest BCUT2D eigenvalue weighted by Gasteiger charge is 2.23. The molecule has 8 nitrogen and oxygen atoms in total. The molecular formula is C30H21ClN2O6S. The van der Waals surface area contributed by atoms with Gasteiger partial charge in [-0.15, -0.1) is 12.4 Å². The number of phenolic OH excluding ortho intramolecular Hbond substituents is 1. The maximum absolute atomic E-state index is 12.2. The quantitative estimate of drug-likeness (QED) is 0.188. The summed E-state index contributed by atoms with van der Waals surface area (Å²) in [5, 5.41) is 13.0. The van der Waals surface area contributed by atoms with Crippen LogP contribution in [0.4, 0.5) is 0 Å². The highest BCUT2D eigenvalue weighted by molar-refractivity contribution is 7.86. The third kappa shape index (κ3) is 3.78. The predicted octanol–water partition coefficient (Wildman–Crippen LogP) is 7.33. The van der Waals surface area contributed by atoms with E-state index in [4.69, 9.17) is 14.1 Å². The van der Waals surface area contributed by atoms with E-state index in [-0.39, 0.29) is 33.8 Å². The van der Waals surface area contributed by atoms with Crippen molar-refractivity contribution in [3.63, 3.8) is 0 Å². The van der Waals surface area contributed by atoms with Gasteiger partial charge in [-0.1, -0.05) is 54.6 Å². The van der Waals surface area contributed by atoms with E-state index in [2.05, 4.69) is 4.98 Å². The van der Waals surface area contributed by atoms with Gasteiger partial charge in [0.25, 0.3) is 10.1 Å². The summed E-state index contributed by atoms with van der Waals surface area (Å²) in [6, 6.07) is 25.2. The maximum atomic E-state index is 12.2. The number of methoxy groups -OCH3 is 1. The van der Waals surface area contributed by atoms with Crippen molar-refractivity contribution in [2.24, 2.45) is 0 Å². The van der Waals surface area contributed by atoms with E-state index in [0.29, 0.717) is 28.2 Å². The Morgan fingerprint density at radius 2 is 1.50 bits per heavy atom. The number of para-hydroxylation sites is 2. The summed E-state index contributed by atoms with van der Waals surface area (Å²) in [6.45, 7) is 0. The van der Waals surface area contributed by atoms with Crippen LogP contribution in [0.3, 0.4) is 0 Å². The molecule has 0 saturated heterocycles. The molecule has 0 aliphatic heterocycles. The number of nitrogens with zero attached hydrogens (tertiary/aromatic N) is 1. The third-order valence-electron chi connectivity index (χ3n) is 7.00. The zero-order chi connectivity index (χ0) is 26.9. The molecule has 0 radical (unpaired) electrons. The van der Waals surface area contributed by atoms with E-state index in [9.17, 15) is 18.1 Å². The van der Waals surface area contributed by atoms with Crippen LogP contribution in [0.5, 0.6) is 11.5 Å². The zero-order valence-electron chi connectivity index (χ0n) is 20.9. The molecule has 0 aliphatic carbocycles. The van der Waals surface area contributed by atoms with Gasteiger partial charge in [0, 0.05) is 21.7 Å². The van der Waals surface area contributed by atoms with Gasteiger partial charge in [-0.2, -0.15) is 8.42 Å². The van der Waals surface area contributed by atoms with Gasteiger partial charge in [0.05, 0.1) is 23.6 Å². The number of hydrogen-bond acceptors (Lipinski definition) is 6. The number of H-pyrrole nitrogens is 1. The molecule has 200 valence electrons. The fraction of sp³-hybridized carbons (Fsp3) is 0.0333. The Labute approximate surface area is 234 Å². The average molecular weight is 573 g/mol. The summed E-state index contributed by atoms with van der Waals surface area (Å²) in [5.74, 6) is 0.808. The molecule has 0 bridgehead atoms. The fourth-order valence-electron chi connectivity index (χ4n) is 5.38. The molecule has 7 aromatic rings. The van der Waals surface area contributed by atoms with E-state index >= 15 is 0 Å². The van der Waals surface area contributed by atoms with Crippen molar-refractivity contribution < 1.29 is 27.2 Å². The Balaban J connectivity index is 0.00000289. The second kappa shape index (κ2) is 9.27. The number of aromatic amines is 1. The Bertz CT molecular complexity index is 2220. The number of ether oxygens (including phenoxy) is 1. The number of phenols is 1. The highest BCUT2D eigenvalue weighted by Crippen LogP contribution is 2.44. The molecule has 0 unspecified atom stereocenters. The van der Waals surface area contributed by atoms with Crippen molar-refractivity contribution in [2.75, 3.05) is 7.11 Å². The number of fused-ring (bicyclic) bond motifs is 6. The minimum absolute atomic E-state index is 0. The first-order valence-electron chi connectivity index (χ1n) is 12.0. The third-order valence-corrected chi connectivity index (χ3v) is 7.89. The Hall–Kier alpha value is -4.57. The van der Waals surface area contributed by atoms with Gasteiger partial charge in [-0.25, -0.2) is 4.98 Å². The first-order chi connectivity index (χ1) is 18.8. The van der Waals surface area contributed by atoms with Crippen LogP contribution in [-0.4, -0.2) is 35.2 Å². The molecule has 0 atom stereocenters. The van der Waals surface area contributed by atoms with E-state index in [1.54, 1.807) is 7.11 Å². The zero-order valence-corrected chi connectivity index (χ0v) is 22.5. The molecule has 2 aromatic heterocycles. The van der Waals surface area contributed by atoms with Gasteiger partial charge in [-0.05, 0) is 35.9 Å². The molecule has 0 aliphatic rings. The van der Waals surface area contributed by atoms with Crippen LogP contribution >= 0.6 is 12.4 Å². The second-order valence-electron chi connectivity index (χ2n) is 9.19. The summed E-state index contributed by atoms with van der Waals surface area (Å²) in [6.07, 6.45) is 0. The van der Waals surface area contributed by atoms with E-state index in [1.165, 1.54) is 24.3 Å². The summed E-state index contributed by atoms with van der Waals surface area (Å²) in [7, 11) is -2.99. The van der Waals surface area contributed by atoms with E-state index in [0.717, 1.165) is 33.1 Å². The van der Waals surface area contributed by atoms with E-state index in [1.807, 2.05) is 60.7 Å². The minimum Gasteiger partial charge on any atom is -0.507 e. The Morgan fingerprint density at radius 1 is 0.825 bits per heavy atom. The molecule has 0 saturated carbocycles. The van der Waals surface area contributed by atoms with Gasteiger partial charge in [0.2, 0.25) is 0 Å². The lowest BCUT2D eigenvalue weighted by molar-refractivity contribution is 0.418. The average Bonchev–Trinajstić information content (AvgIpc) is 3.53. The molecule has 0 fully saturated rings. The highest BCUT2D eigenvalue weighted by atomic mass is 35.5. The van der Waals surface area contributed by atoms with Crippen LogP contribution in [0.25, 0.3) is 66.3 Å². The molecular weight excluding hydrogens is 552 g/mol. The molecule has 0 amide bonds. The van der Waals surface area contributed by atoms with Crippen molar-refractivity contribution in [3.05, 3.63) is 84.9 Å². The number of benzene rings is 5. The number of imidazole rings is 1. The number of halogens is 1. The van der Waals surface area contributed by atoms with Gasteiger partial charge in [0.15, 0.2) is 0 Å². The van der Waals surface area contributed by atoms with Gasteiger partial charge >= 0.3 is 0 Å². The molecule has 0 spiro atoms. The van der Waals surface area contributed by atoms with Crippen molar-refractivity contribution in [2.45, 2.75) is 4.90 Å². The summed E-state index contributed by atoms with van der Waals surface area (Å²) in [5.41, 5.74) is 4.61. The first kappa shape index (κ1) is 25.7. The number of furan rings is 1. The number of rotatable bonds is 4. The van der Waals surface area contributed by atoms with Crippen LogP contribution in [0.2, 0.25) is 0 Å². The molecule has 40 heavy (non-hydrogen) atoms. The van der Waals surface area contributed by atoms with Crippen molar-refractivity contribution in [1.29, 1.82) is 0 Å². The van der Waals surface area contributed by atoms with Gasteiger partial charge in [0.1, 0.15) is 38.9 Å². The topological polar surface area (TPSA) is 126 Å². The van der Waals surface area contributed by atoms with Crippen LogP contribution < -0.4 is 4.74 Å². The Morgan fingerprint density at radius 3 is 2.30 bits per heavy atom. The SMILES string of the molecule is COc1c(-c2nc3c(cc(S(=O)(=O)O)c4cccc(O)c43)[nH]2)cccc1-c1cccc2oc3ccccc3c12.Cl. The Kier molecular flexibility index (Phi) is 5.95. The first-order valence-corrected chi connectivity index (χ1v) is 13.5. The number of hydrogen-bond donors (Lipinski definition) is 3. The van der Waals surface area contributed by atoms with Crippen LogP contribution in [0.1, 0.15) is 0 Å². The maximum Gasteiger partial charge on any atom is 0.295 e. The lowest BCUT2D eigenvalue weighted by Gasteiger charge is -2.13. The monoisotopic (exact) mass is 572 g/mol. The van der Waals surface area contributed by atoms with Crippen molar-refractivity contribution >= 4 is 66.3 Å². The lowest BCUT2D eigenvalue weighted by Crippen LogP contribution is -1.99. The standard InChI is InChI=1S/C30H20N2O6S.ClH/c1-37-29-17(16-8-6-14-24-26(16)18-7-2-3-13-23(18)38-24)9-4-11-20(29)30-31-21-15-25(39(34,35)36)19-10-5-12-22(33)27(19)28(21)32-30;/h2-15,33H,1H3,(H,31,32)(H,34,35,36);1H. The second-order valence-corrected chi connectivity index (χ2v) is 10.6. The smallest absolute Gasteiger partial charge is 0.295 e. The minimum atomic E-state index is -4.57. The van der Waals surface area contributed by atoms with Gasteiger partial charge in [-0.3, -0.25) is 4.55 Å². The molecule has 5 aromatic carbocycles. The van der Waals surface area contributed by atoms with Crippen molar-refractivity contribution in [1.82, 2.24) is 9.97 Å². The number of aromatic hydroxyl groups is 1. The van der Waals surface area contributed by atoms with Crippen LogP contribution in [0, 0.1) is 0 Å². The number of aromatic nitrogens is 2. The fourth-order valence-corrected chi connectivity index (χ4v) is 6.10. The summed E-state index contributed by atoms with van der Waals surface area (Å²) < 4.78 is 46.2. The lowest BCUT2D eigenvalue weighted by atomic mass is 9.96. The van der Waals surface area contributed by atoms with Gasteiger partial charge < -0.3 is 19.2 Å².